The van der Waals surface area contributed by atoms with Gasteiger partial charge in [0.2, 0.25) is 5.91 Å². The molecule has 0 unspecified atom stereocenters. The molecular weight excluding hydrogens is 296 g/mol. The van der Waals surface area contributed by atoms with E-state index in [1.807, 2.05) is 0 Å². The highest BCUT2D eigenvalue weighted by Gasteiger charge is 2.32. The van der Waals surface area contributed by atoms with E-state index in [9.17, 15) is 4.79 Å². The number of carbonyl (C=O) groups is 1. The van der Waals surface area contributed by atoms with Gasteiger partial charge in [0, 0.05) is 37.8 Å². The molecule has 1 saturated heterocycles. The van der Waals surface area contributed by atoms with Crippen LogP contribution in [0.4, 0.5) is 5.69 Å². The standard InChI is InChI=1S/C21H32N2O/c1-15(2)18-9-6-10-19(16(3)4)20(18)22-11-13-23(14-12-22)21(24)17-7-5-8-17/h6,9-10,15-17H,5,7-8,11-14H2,1-4H3. The summed E-state index contributed by atoms with van der Waals surface area (Å²) in [5, 5.41) is 0. The minimum Gasteiger partial charge on any atom is -0.368 e. The first-order chi connectivity index (χ1) is 11.5. The number of para-hydroxylation sites is 1. The molecule has 3 rings (SSSR count). The second-order valence-electron chi connectivity index (χ2n) is 8.03. The van der Waals surface area contributed by atoms with Crippen molar-refractivity contribution in [2.24, 2.45) is 5.92 Å². The molecule has 0 radical (unpaired) electrons. The largest absolute Gasteiger partial charge is 0.368 e. The molecule has 1 saturated carbocycles. The Labute approximate surface area is 147 Å². The molecule has 3 nitrogen and oxygen atoms in total. The van der Waals surface area contributed by atoms with Crippen LogP contribution < -0.4 is 4.90 Å². The van der Waals surface area contributed by atoms with Crippen LogP contribution in [-0.2, 0) is 4.79 Å². The summed E-state index contributed by atoms with van der Waals surface area (Å²) in [6.07, 6.45) is 3.44. The highest BCUT2D eigenvalue weighted by molar-refractivity contribution is 5.80. The quantitative estimate of drug-likeness (QED) is 0.819. The van der Waals surface area contributed by atoms with E-state index < -0.39 is 0 Å². The lowest BCUT2D eigenvalue weighted by atomic mass is 9.84. The zero-order valence-corrected chi connectivity index (χ0v) is 15.7. The van der Waals surface area contributed by atoms with Crippen molar-refractivity contribution in [2.75, 3.05) is 31.1 Å². The van der Waals surface area contributed by atoms with Crippen molar-refractivity contribution in [3.05, 3.63) is 29.3 Å². The van der Waals surface area contributed by atoms with Crippen LogP contribution in [0, 0.1) is 5.92 Å². The summed E-state index contributed by atoms with van der Waals surface area (Å²) in [5.74, 6) is 1.77. The first kappa shape index (κ1) is 17.3. The van der Waals surface area contributed by atoms with Gasteiger partial charge in [-0.25, -0.2) is 0 Å². The summed E-state index contributed by atoms with van der Waals surface area (Å²) in [7, 11) is 0. The van der Waals surface area contributed by atoms with Crippen LogP contribution in [0.25, 0.3) is 0 Å². The van der Waals surface area contributed by atoms with Crippen molar-refractivity contribution in [1.82, 2.24) is 4.90 Å². The van der Waals surface area contributed by atoms with Crippen LogP contribution in [0.2, 0.25) is 0 Å². The Morgan fingerprint density at radius 1 is 0.958 bits per heavy atom. The second-order valence-corrected chi connectivity index (χ2v) is 8.03. The Bertz CT molecular complexity index is 555. The van der Waals surface area contributed by atoms with E-state index in [1.54, 1.807) is 0 Å². The summed E-state index contributed by atoms with van der Waals surface area (Å²) in [4.78, 5) is 17.1. The van der Waals surface area contributed by atoms with E-state index in [0.717, 1.165) is 39.0 Å². The summed E-state index contributed by atoms with van der Waals surface area (Å²) in [6, 6.07) is 6.75. The highest BCUT2D eigenvalue weighted by atomic mass is 16.2. The number of anilines is 1. The van der Waals surface area contributed by atoms with Crippen LogP contribution >= 0.6 is 0 Å². The van der Waals surface area contributed by atoms with E-state index in [-0.39, 0.29) is 0 Å². The molecule has 3 heteroatoms. The normalized spacial score (nSPS) is 19.1. The maximum Gasteiger partial charge on any atom is 0.225 e. The Kier molecular flexibility index (Phi) is 5.17. The molecule has 24 heavy (non-hydrogen) atoms. The zero-order valence-electron chi connectivity index (χ0n) is 15.7. The predicted molar refractivity (Wildman–Crippen MR) is 101 cm³/mol. The lowest BCUT2D eigenvalue weighted by Gasteiger charge is -2.41. The molecule has 1 aromatic rings. The Morgan fingerprint density at radius 2 is 1.50 bits per heavy atom. The Morgan fingerprint density at radius 3 is 1.92 bits per heavy atom. The minimum absolute atomic E-state index is 0.325. The third-order valence-electron chi connectivity index (χ3n) is 5.70. The fraction of sp³-hybridized carbons (Fsp3) is 0.667. The average molecular weight is 329 g/mol. The van der Waals surface area contributed by atoms with Gasteiger partial charge in [0.15, 0.2) is 0 Å². The van der Waals surface area contributed by atoms with Gasteiger partial charge in [-0.1, -0.05) is 52.3 Å². The first-order valence-electron chi connectivity index (χ1n) is 9.65. The average Bonchev–Trinajstić information content (AvgIpc) is 2.52. The van der Waals surface area contributed by atoms with E-state index in [1.165, 1.54) is 23.2 Å². The maximum atomic E-state index is 12.5. The summed E-state index contributed by atoms with van der Waals surface area (Å²) < 4.78 is 0. The van der Waals surface area contributed by atoms with Crippen molar-refractivity contribution in [2.45, 2.75) is 58.8 Å². The van der Waals surface area contributed by atoms with Gasteiger partial charge >= 0.3 is 0 Å². The van der Waals surface area contributed by atoms with Crippen LogP contribution in [0.3, 0.4) is 0 Å². The molecule has 0 bridgehead atoms. The van der Waals surface area contributed by atoms with Crippen molar-refractivity contribution in [3.63, 3.8) is 0 Å². The fourth-order valence-corrected chi connectivity index (χ4v) is 3.94. The smallest absolute Gasteiger partial charge is 0.225 e. The van der Waals surface area contributed by atoms with E-state index in [2.05, 4.69) is 55.7 Å². The van der Waals surface area contributed by atoms with Crippen LogP contribution in [0.5, 0.6) is 0 Å². The molecule has 0 aromatic heterocycles. The van der Waals surface area contributed by atoms with Gasteiger partial charge in [0.25, 0.3) is 0 Å². The Balaban J connectivity index is 1.77. The van der Waals surface area contributed by atoms with Crippen molar-refractivity contribution >= 4 is 11.6 Å². The highest BCUT2D eigenvalue weighted by Crippen LogP contribution is 2.36. The molecule has 1 amide bonds. The number of benzene rings is 1. The monoisotopic (exact) mass is 328 g/mol. The van der Waals surface area contributed by atoms with Gasteiger partial charge in [-0.3, -0.25) is 4.79 Å². The van der Waals surface area contributed by atoms with E-state index in [4.69, 9.17) is 0 Å². The van der Waals surface area contributed by atoms with Gasteiger partial charge in [-0.05, 0) is 35.8 Å². The van der Waals surface area contributed by atoms with Gasteiger partial charge < -0.3 is 9.80 Å². The third kappa shape index (κ3) is 3.31. The second kappa shape index (κ2) is 7.16. The van der Waals surface area contributed by atoms with Gasteiger partial charge in [0.1, 0.15) is 0 Å². The van der Waals surface area contributed by atoms with Gasteiger partial charge in [-0.2, -0.15) is 0 Å². The summed E-state index contributed by atoms with van der Waals surface area (Å²) in [5.41, 5.74) is 4.32. The lowest BCUT2D eigenvalue weighted by Crippen LogP contribution is -2.51. The first-order valence-corrected chi connectivity index (χ1v) is 9.65. The van der Waals surface area contributed by atoms with Crippen LogP contribution in [0.15, 0.2) is 18.2 Å². The summed E-state index contributed by atoms with van der Waals surface area (Å²) >= 11 is 0. The molecule has 2 fully saturated rings. The number of amides is 1. The topological polar surface area (TPSA) is 23.6 Å². The van der Waals surface area contributed by atoms with Gasteiger partial charge in [0.05, 0.1) is 0 Å². The number of carbonyl (C=O) groups excluding carboxylic acids is 1. The third-order valence-corrected chi connectivity index (χ3v) is 5.70. The molecule has 1 aliphatic carbocycles. The number of nitrogens with zero attached hydrogens (tertiary/aromatic N) is 2. The molecule has 0 spiro atoms. The molecule has 1 heterocycles. The van der Waals surface area contributed by atoms with Crippen molar-refractivity contribution in [3.8, 4) is 0 Å². The van der Waals surface area contributed by atoms with Crippen LogP contribution in [-0.4, -0.2) is 37.0 Å². The fourth-order valence-electron chi connectivity index (χ4n) is 3.94. The minimum atomic E-state index is 0.325. The van der Waals surface area contributed by atoms with E-state index in [0.29, 0.717) is 23.7 Å². The maximum absolute atomic E-state index is 12.5. The number of hydrogen-bond donors (Lipinski definition) is 0. The van der Waals surface area contributed by atoms with Crippen molar-refractivity contribution < 1.29 is 4.79 Å². The number of hydrogen-bond acceptors (Lipinski definition) is 2. The van der Waals surface area contributed by atoms with E-state index >= 15 is 0 Å². The Hall–Kier alpha value is -1.51. The molecule has 132 valence electrons. The molecule has 1 aliphatic heterocycles. The molecular formula is C21H32N2O. The lowest BCUT2D eigenvalue weighted by molar-refractivity contribution is -0.138. The SMILES string of the molecule is CC(C)c1cccc(C(C)C)c1N1CCN(C(=O)C2CCC2)CC1. The molecule has 2 aliphatic rings. The number of piperazine rings is 1. The zero-order chi connectivity index (χ0) is 17.3. The molecule has 1 aromatic carbocycles. The molecule has 0 atom stereocenters. The predicted octanol–water partition coefficient (Wildman–Crippen LogP) is 4.38. The summed E-state index contributed by atoms with van der Waals surface area (Å²) in [6.45, 7) is 12.8. The van der Waals surface area contributed by atoms with Crippen LogP contribution in [0.1, 0.15) is 69.9 Å². The van der Waals surface area contributed by atoms with Gasteiger partial charge in [-0.15, -0.1) is 0 Å². The number of rotatable bonds is 4. The van der Waals surface area contributed by atoms with Crippen molar-refractivity contribution in [1.29, 1.82) is 0 Å². The molecule has 0 N–H and O–H groups in total.